The van der Waals surface area contributed by atoms with Crippen molar-refractivity contribution in [3.63, 3.8) is 0 Å². The number of rotatable bonds is 7. The summed E-state index contributed by atoms with van der Waals surface area (Å²) < 4.78 is 26.7. The fourth-order valence-electron chi connectivity index (χ4n) is 2.95. The molecule has 2 rings (SSSR count). The number of amides is 1. The number of sulfonamides is 1. The van der Waals surface area contributed by atoms with Crippen LogP contribution in [0.25, 0.3) is 0 Å². The van der Waals surface area contributed by atoms with Crippen LogP contribution < -0.4 is 10.2 Å². The normalized spacial score (nSPS) is 11.5. The molecule has 2 aromatic rings. The van der Waals surface area contributed by atoms with E-state index in [1.54, 1.807) is 26.0 Å². The third kappa shape index (κ3) is 4.67. The molecule has 0 atom stereocenters. The molecule has 7 heteroatoms. The first-order valence-electron chi connectivity index (χ1n) is 8.90. The molecule has 0 unspecified atom stereocenters. The lowest BCUT2D eigenvalue weighted by Crippen LogP contribution is -2.30. The SMILES string of the molecule is CCN(CC)S(=O)(=O)c1cccc(C(=O)Nc2ccc(N(C)C)c(C)c2)c1. The van der Waals surface area contributed by atoms with Gasteiger partial charge in [-0.1, -0.05) is 19.9 Å². The molecule has 0 fully saturated rings. The fourth-order valence-corrected chi connectivity index (χ4v) is 4.45. The first kappa shape index (κ1) is 20.9. The highest BCUT2D eigenvalue weighted by Crippen LogP contribution is 2.23. The molecule has 0 bridgehead atoms. The largest absolute Gasteiger partial charge is 0.377 e. The molecule has 0 saturated carbocycles. The van der Waals surface area contributed by atoms with Crippen molar-refractivity contribution in [1.29, 1.82) is 0 Å². The molecule has 0 aliphatic carbocycles. The number of aryl methyl sites for hydroxylation is 1. The first-order chi connectivity index (χ1) is 12.7. The highest BCUT2D eigenvalue weighted by atomic mass is 32.2. The lowest BCUT2D eigenvalue weighted by molar-refractivity contribution is 0.102. The van der Waals surface area contributed by atoms with Gasteiger partial charge in [-0.05, 0) is 48.9 Å². The molecule has 2 aromatic carbocycles. The smallest absolute Gasteiger partial charge is 0.255 e. The first-order valence-corrected chi connectivity index (χ1v) is 10.3. The summed E-state index contributed by atoms with van der Waals surface area (Å²) in [6, 6.07) is 11.8. The van der Waals surface area contributed by atoms with Gasteiger partial charge in [0.1, 0.15) is 0 Å². The van der Waals surface area contributed by atoms with Crippen molar-refractivity contribution < 1.29 is 13.2 Å². The van der Waals surface area contributed by atoms with Crippen LogP contribution in [0.1, 0.15) is 29.8 Å². The van der Waals surface area contributed by atoms with E-state index in [4.69, 9.17) is 0 Å². The lowest BCUT2D eigenvalue weighted by atomic mass is 10.1. The molecule has 0 aliphatic rings. The molecular formula is C20H27N3O3S. The van der Waals surface area contributed by atoms with Gasteiger partial charge in [-0.3, -0.25) is 4.79 Å². The highest BCUT2D eigenvalue weighted by molar-refractivity contribution is 7.89. The maximum absolute atomic E-state index is 12.7. The van der Waals surface area contributed by atoms with E-state index >= 15 is 0 Å². The number of nitrogens with one attached hydrogen (secondary N) is 1. The quantitative estimate of drug-likeness (QED) is 0.788. The Morgan fingerprint density at radius 1 is 1.04 bits per heavy atom. The third-order valence-electron chi connectivity index (χ3n) is 4.38. The molecule has 0 spiro atoms. The second kappa shape index (κ2) is 8.54. The predicted molar refractivity (Wildman–Crippen MR) is 110 cm³/mol. The van der Waals surface area contributed by atoms with Gasteiger partial charge in [0.2, 0.25) is 10.0 Å². The number of carbonyl (C=O) groups is 1. The van der Waals surface area contributed by atoms with E-state index < -0.39 is 10.0 Å². The van der Waals surface area contributed by atoms with Gasteiger partial charge in [0, 0.05) is 44.1 Å². The molecular weight excluding hydrogens is 362 g/mol. The van der Waals surface area contributed by atoms with E-state index in [1.165, 1.54) is 16.4 Å². The topological polar surface area (TPSA) is 69.7 Å². The van der Waals surface area contributed by atoms with Gasteiger partial charge in [-0.25, -0.2) is 8.42 Å². The fraction of sp³-hybridized carbons (Fsp3) is 0.350. The number of carbonyl (C=O) groups excluding carboxylic acids is 1. The zero-order chi connectivity index (χ0) is 20.2. The number of anilines is 2. The van der Waals surface area contributed by atoms with Gasteiger partial charge in [0.25, 0.3) is 5.91 Å². The monoisotopic (exact) mass is 389 g/mol. The Bertz CT molecular complexity index is 920. The second-order valence-corrected chi connectivity index (χ2v) is 8.40. The molecule has 0 heterocycles. The van der Waals surface area contributed by atoms with E-state index in [9.17, 15) is 13.2 Å². The zero-order valence-electron chi connectivity index (χ0n) is 16.5. The summed E-state index contributed by atoms with van der Waals surface area (Å²) in [6.07, 6.45) is 0. The van der Waals surface area contributed by atoms with Crippen molar-refractivity contribution in [2.45, 2.75) is 25.7 Å². The van der Waals surface area contributed by atoms with Crippen molar-refractivity contribution >= 4 is 27.3 Å². The van der Waals surface area contributed by atoms with E-state index in [0.717, 1.165) is 11.3 Å². The van der Waals surface area contributed by atoms with Gasteiger partial charge >= 0.3 is 0 Å². The van der Waals surface area contributed by atoms with Crippen molar-refractivity contribution in [2.75, 3.05) is 37.4 Å². The summed E-state index contributed by atoms with van der Waals surface area (Å²) in [5.41, 5.74) is 3.08. The summed E-state index contributed by atoms with van der Waals surface area (Å²) in [4.78, 5) is 14.7. The van der Waals surface area contributed by atoms with E-state index in [2.05, 4.69) is 5.32 Å². The molecule has 6 nitrogen and oxygen atoms in total. The minimum Gasteiger partial charge on any atom is -0.377 e. The van der Waals surface area contributed by atoms with Crippen LogP contribution in [0, 0.1) is 6.92 Å². The molecule has 27 heavy (non-hydrogen) atoms. The molecule has 0 aromatic heterocycles. The zero-order valence-corrected chi connectivity index (χ0v) is 17.3. The standard InChI is InChI=1S/C20H27N3O3S/c1-6-23(7-2)27(25,26)18-10-8-9-16(14-18)20(24)21-17-11-12-19(22(4)5)15(3)13-17/h8-14H,6-7H2,1-5H3,(H,21,24). The van der Waals surface area contributed by atoms with Crippen molar-refractivity contribution in [2.24, 2.45) is 0 Å². The molecule has 146 valence electrons. The molecule has 0 saturated heterocycles. The van der Waals surface area contributed by atoms with E-state index in [1.807, 2.05) is 44.1 Å². The summed E-state index contributed by atoms with van der Waals surface area (Å²) in [5.74, 6) is -0.344. The highest BCUT2D eigenvalue weighted by Gasteiger charge is 2.22. The Hall–Kier alpha value is -2.38. The maximum Gasteiger partial charge on any atom is 0.255 e. The Kier molecular flexibility index (Phi) is 6.62. The van der Waals surface area contributed by atoms with Gasteiger partial charge in [-0.15, -0.1) is 0 Å². The van der Waals surface area contributed by atoms with Crippen LogP contribution in [0.15, 0.2) is 47.4 Å². The lowest BCUT2D eigenvalue weighted by Gasteiger charge is -2.19. The van der Waals surface area contributed by atoms with Crippen LogP contribution in [-0.2, 0) is 10.0 Å². The minimum absolute atomic E-state index is 0.123. The molecule has 1 N–H and O–H groups in total. The average molecular weight is 390 g/mol. The van der Waals surface area contributed by atoms with Gasteiger partial charge in [-0.2, -0.15) is 4.31 Å². The average Bonchev–Trinajstić information content (AvgIpc) is 2.62. The second-order valence-electron chi connectivity index (χ2n) is 6.47. The number of hydrogen-bond acceptors (Lipinski definition) is 4. The Morgan fingerprint density at radius 3 is 2.26 bits per heavy atom. The maximum atomic E-state index is 12.7. The van der Waals surface area contributed by atoms with Crippen LogP contribution in [0.5, 0.6) is 0 Å². The Labute approximate surface area is 161 Å². The van der Waals surface area contributed by atoms with Crippen LogP contribution in [0.2, 0.25) is 0 Å². The summed E-state index contributed by atoms with van der Waals surface area (Å²) in [6.45, 7) is 6.32. The van der Waals surface area contributed by atoms with Crippen LogP contribution in [0.4, 0.5) is 11.4 Å². The predicted octanol–water partition coefficient (Wildman–Crippen LogP) is 3.34. The van der Waals surface area contributed by atoms with Crippen molar-refractivity contribution in [1.82, 2.24) is 4.31 Å². The van der Waals surface area contributed by atoms with E-state index in [-0.39, 0.29) is 10.8 Å². The van der Waals surface area contributed by atoms with Gasteiger partial charge in [0.05, 0.1) is 4.90 Å². The van der Waals surface area contributed by atoms with Gasteiger partial charge in [0.15, 0.2) is 0 Å². The van der Waals surface area contributed by atoms with Gasteiger partial charge < -0.3 is 10.2 Å². The Balaban J connectivity index is 2.27. The minimum atomic E-state index is -3.60. The molecule has 0 aliphatic heterocycles. The molecule has 0 radical (unpaired) electrons. The van der Waals surface area contributed by atoms with E-state index in [0.29, 0.717) is 24.3 Å². The van der Waals surface area contributed by atoms with Crippen LogP contribution in [0.3, 0.4) is 0 Å². The third-order valence-corrected chi connectivity index (χ3v) is 6.42. The number of hydrogen-bond donors (Lipinski definition) is 1. The number of benzene rings is 2. The van der Waals surface area contributed by atoms with Crippen LogP contribution in [-0.4, -0.2) is 45.8 Å². The molecule has 1 amide bonds. The summed E-state index contributed by atoms with van der Waals surface area (Å²) in [5, 5.41) is 2.84. The van der Waals surface area contributed by atoms with Crippen molar-refractivity contribution in [3.05, 3.63) is 53.6 Å². The van der Waals surface area contributed by atoms with Crippen molar-refractivity contribution in [3.8, 4) is 0 Å². The number of nitrogens with zero attached hydrogens (tertiary/aromatic N) is 2. The summed E-state index contributed by atoms with van der Waals surface area (Å²) in [7, 11) is 0.317. The Morgan fingerprint density at radius 2 is 1.70 bits per heavy atom. The summed E-state index contributed by atoms with van der Waals surface area (Å²) >= 11 is 0. The van der Waals surface area contributed by atoms with Crippen LogP contribution >= 0.6 is 0 Å².